The fraction of sp³-hybridized carbons (Fsp3) is 0.244. The number of nitrogens with one attached hydrogen (secondary N) is 1. The van der Waals surface area contributed by atoms with Crippen LogP contribution in [-0.2, 0) is 24.6 Å². The molecule has 1 N–H and O–H groups in total. The summed E-state index contributed by atoms with van der Waals surface area (Å²) in [5, 5.41) is 5.02. The highest BCUT2D eigenvalue weighted by atomic mass is 32.1. The second-order valence-corrected chi connectivity index (χ2v) is 15.0. The number of hydrogen-bond acceptors (Lipinski definition) is 10. The fourth-order valence-corrected chi connectivity index (χ4v) is 7.52. The number of halogens is 1. The van der Waals surface area contributed by atoms with Gasteiger partial charge in [0, 0.05) is 60.9 Å². The van der Waals surface area contributed by atoms with Gasteiger partial charge in [0.05, 0.1) is 22.0 Å². The molecule has 1 fully saturated rings. The molecule has 1 aliphatic rings. The van der Waals surface area contributed by atoms with E-state index in [1.807, 2.05) is 42.5 Å². The zero-order chi connectivity index (χ0) is 39.9. The highest BCUT2D eigenvalue weighted by Crippen LogP contribution is 2.37. The van der Waals surface area contributed by atoms with Crippen LogP contribution in [0.1, 0.15) is 52.0 Å². The summed E-state index contributed by atoms with van der Waals surface area (Å²) in [6, 6.07) is 28.2. The summed E-state index contributed by atoms with van der Waals surface area (Å²) in [6.45, 7) is 7.42. The number of thiazole rings is 1. The van der Waals surface area contributed by atoms with Gasteiger partial charge in [-0.1, -0.05) is 67.1 Å². The van der Waals surface area contributed by atoms with Crippen molar-refractivity contribution >= 4 is 34.1 Å². The third-order valence-electron chi connectivity index (χ3n) is 9.56. The Morgan fingerprint density at radius 3 is 2.46 bits per heavy atom. The van der Waals surface area contributed by atoms with E-state index in [0.29, 0.717) is 35.8 Å². The number of aryl methyl sites for hydroxylation is 4. The van der Waals surface area contributed by atoms with Crippen LogP contribution in [0.4, 0.5) is 10.3 Å². The Morgan fingerprint density at radius 1 is 0.912 bits per heavy atom. The predicted octanol–water partition coefficient (Wildman–Crippen LogP) is 9.33. The van der Waals surface area contributed by atoms with Gasteiger partial charge in [-0.05, 0) is 80.6 Å². The molecule has 10 nitrogen and oxygen atoms in total. The number of pyridine rings is 2. The van der Waals surface area contributed by atoms with E-state index in [-0.39, 0.29) is 29.7 Å². The Labute approximate surface area is 334 Å². The summed E-state index contributed by atoms with van der Waals surface area (Å²) in [5.74, 6) is 0.0435. The molecule has 0 amide bonds. The third-order valence-corrected chi connectivity index (χ3v) is 10.8. The van der Waals surface area contributed by atoms with Gasteiger partial charge in [0.25, 0.3) is 5.56 Å². The van der Waals surface area contributed by atoms with Gasteiger partial charge in [0.2, 0.25) is 5.95 Å². The van der Waals surface area contributed by atoms with Crippen LogP contribution in [0.15, 0.2) is 108 Å². The van der Waals surface area contributed by atoms with Gasteiger partial charge in [-0.25, -0.2) is 14.4 Å². The first-order chi connectivity index (χ1) is 27.6. The van der Waals surface area contributed by atoms with Crippen LogP contribution < -0.4 is 15.6 Å². The summed E-state index contributed by atoms with van der Waals surface area (Å²) in [6.07, 6.45) is 6.37. The number of ether oxygens (including phenoxy) is 2. The van der Waals surface area contributed by atoms with Crippen molar-refractivity contribution in [2.45, 2.75) is 52.5 Å². The zero-order valence-corrected chi connectivity index (χ0v) is 33.1. The number of aromatic nitrogens is 5. The molecule has 1 saturated heterocycles. The molecule has 0 aliphatic carbocycles. The number of Topliss-reactive ketones (excluding diaryl/α,β-unsaturated/α-hetero) is 1. The fourth-order valence-electron chi connectivity index (χ4n) is 6.50. The van der Waals surface area contributed by atoms with Crippen LogP contribution in [-0.4, -0.2) is 49.5 Å². The smallest absolute Gasteiger partial charge is 0.294 e. The van der Waals surface area contributed by atoms with E-state index in [0.717, 1.165) is 57.2 Å². The van der Waals surface area contributed by atoms with Crippen LogP contribution in [0.3, 0.4) is 0 Å². The average molecular weight is 783 g/mol. The Bertz CT molecular complexity index is 2590. The molecule has 3 aromatic carbocycles. The Balaban J connectivity index is 0.000000174. The first kappa shape index (κ1) is 39.1. The quantitative estimate of drug-likeness (QED) is 0.135. The van der Waals surface area contributed by atoms with Crippen molar-refractivity contribution in [1.82, 2.24) is 24.5 Å². The molecule has 7 aromatic rings. The van der Waals surface area contributed by atoms with Crippen molar-refractivity contribution in [2.24, 2.45) is 7.05 Å². The predicted molar refractivity (Wildman–Crippen MR) is 223 cm³/mol. The SMILES string of the molecule is CCc1nc(-c2cccc(C)c2)c(-c2ccnc(CC(=O)c3ccccc3)c2)s1.Cc1ccc(Oc2cc3cnc(NC4CCOCC4)nc3n(C)c2=O)c(F)c1. The van der Waals surface area contributed by atoms with Crippen LogP contribution in [0.5, 0.6) is 11.5 Å². The standard InChI is InChI=1S/C25H22N2OS.C20H21FN4O3/c1-3-23-27-24(19-11-7-8-17(2)14-19)25(29-23)20-12-13-26-21(15-20)16-22(28)18-9-5-4-6-10-18;1-12-3-4-16(15(21)9-12)28-17-10-13-11-22-20(23-14-5-7-27-8-6-14)24-18(13)25(2)19(17)26/h4-15H,3,16H2,1-2H3;3-4,9-11,14H,5-8H2,1-2H3,(H,22,23,24). The van der Waals surface area contributed by atoms with Crippen molar-refractivity contribution in [3.05, 3.63) is 147 Å². The average Bonchev–Trinajstić information content (AvgIpc) is 3.67. The third kappa shape index (κ3) is 9.48. The van der Waals surface area contributed by atoms with Crippen LogP contribution in [0.2, 0.25) is 0 Å². The van der Waals surface area contributed by atoms with Gasteiger partial charge in [0.15, 0.2) is 23.1 Å². The van der Waals surface area contributed by atoms with Crippen molar-refractivity contribution in [1.29, 1.82) is 0 Å². The monoisotopic (exact) mass is 782 g/mol. The van der Waals surface area contributed by atoms with Crippen molar-refractivity contribution in [3.63, 3.8) is 0 Å². The second-order valence-electron chi connectivity index (χ2n) is 13.9. The first-order valence-electron chi connectivity index (χ1n) is 18.9. The lowest BCUT2D eigenvalue weighted by atomic mass is 10.0. The molecule has 4 aromatic heterocycles. The van der Waals surface area contributed by atoms with Gasteiger partial charge in [0.1, 0.15) is 5.65 Å². The van der Waals surface area contributed by atoms with E-state index in [1.54, 1.807) is 43.8 Å². The maximum absolute atomic E-state index is 14.1. The highest BCUT2D eigenvalue weighted by molar-refractivity contribution is 7.15. The largest absolute Gasteiger partial charge is 0.448 e. The summed E-state index contributed by atoms with van der Waals surface area (Å²) < 4.78 is 26.4. The minimum absolute atomic E-state index is 0.000715. The maximum Gasteiger partial charge on any atom is 0.294 e. The van der Waals surface area contributed by atoms with Crippen molar-refractivity contribution in [2.75, 3.05) is 18.5 Å². The Kier molecular flexibility index (Phi) is 12.2. The second kappa shape index (κ2) is 17.8. The number of benzene rings is 3. The molecule has 5 heterocycles. The summed E-state index contributed by atoms with van der Waals surface area (Å²) in [4.78, 5) is 44.5. The molecular formula is C45H43FN6O4S. The van der Waals surface area contributed by atoms with Gasteiger partial charge in [-0.2, -0.15) is 4.98 Å². The Hall–Kier alpha value is -6.11. The lowest BCUT2D eigenvalue weighted by Crippen LogP contribution is -2.29. The van der Waals surface area contributed by atoms with Gasteiger partial charge in [-0.15, -0.1) is 11.3 Å². The lowest BCUT2D eigenvalue weighted by Gasteiger charge is -2.23. The van der Waals surface area contributed by atoms with Crippen LogP contribution >= 0.6 is 11.3 Å². The number of nitrogens with zero attached hydrogens (tertiary/aromatic N) is 5. The molecular weight excluding hydrogens is 740 g/mol. The molecule has 12 heteroatoms. The number of ketones is 1. The number of carbonyl (C=O) groups excluding carboxylic acids is 1. The van der Waals surface area contributed by atoms with E-state index < -0.39 is 11.4 Å². The molecule has 0 bridgehead atoms. The number of hydrogen-bond donors (Lipinski definition) is 1. The van der Waals surface area contributed by atoms with E-state index in [1.165, 1.54) is 28.3 Å². The molecule has 8 rings (SSSR count). The topological polar surface area (TPSA) is 121 Å². The Morgan fingerprint density at radius 2 is 1.70 bits per heavy atom. The first-order valence-corrected chi connectivity index (χ1v) is 19.7. The molecule has 290 valence electrons. The van der Waals surface area contributed by atoms with Gasteiger partial charge >= 0.3 is 0 Å². The number of rotatable bonds is 10. The van der Waals surface area contributed by atoms with Gasteiger partial charge in [-0.3, -0.25) is 19.1 Å². The molecule has 0 spiro atoms. The number of carbonyl (C=O) groups is 1. The molecule has 1 aliphatic heterocycles. The van der Waals surface area contributed by atoms with Gasteiger partial charge < -0.3 is 14.8 Å². The highest BCUT2D eigenvalue weighted by Gasteiger charge is 2.18. The van der Waals surface area contributed by atoms with Crippen molar-refractivity contribution < 1.29 is 18.7 Å². The van der Waals surface area contributed by atoms with Crippen LogP contribution in [0, 0.1) is 19.7 Å². The van der Waals surface area contributed by atoms with Crippen LogP contribution in [0.25, 0.3) is 32.7 Å². The molecule has 0 unspecified atom stereocenters. The number of anilines is 1. The maximum atomic E-state index is 14.1. The number of fused-ring (bicyclic) bond motifs is 1. The molecule has 57 heavy (non-hydrogen) atoms. The van der Waals surface area contributed by atoms with E-state index in [4.69, 9.17) is 14.5 Å². The molecule has 0 radical (unpaired) electrons. The summed E-state index contributed by atoms with van der Waals surface area (Å²) in [7, 11) is 1.61. The van der Waals surface area contributed by atoms with Crippen molar-refractivity contribution in [3.8, 4) is 33.2 Å². The summed E-state index contributed by atoms with van der Waals surface area (Å²) in [5.41, 5.74) is 6.73. The molecule has 0 saturated carbocycles. The van der Waals surface area contributed by atoms with E-state index in [9.17, 15) is 14.0 Å². The van der Waals surface area contributed by atoms with E-state index >= 15 is 0 Å². The normalized spacial score (nSPS) is 12.9. The minimum atomic E-state index is -0.519. The minimum Gasteiger partial charge on any atom is -0.448 e. The van der Waals surface area contributed by atoms with E-state index in [2.05, 4.69) is 58.4 Å². The zero-order valence-electron chi connectivity index (χ0n) is 32.3. The summed E-state index contributed by atoms with van der Waals surface area (Å²) >= 11 is 1.71. The molecule has 0 atom stereocenters. The lowest BCUT2D eigenvalue weighted by molar-refractivity contribution is 0.0903.